The van der Waals surface area contributed by atoms with Crippen LogP contribution < -0.4 is 4.74 Å². The number of rotatable bonds is 3. The van der Waals surface area contributed by atoms with Crippen molar-refractivity contribution in [2.45, 2.75) is 0 Å². The molecule has 0 unspecified atom stereocenters. The summed E-state index contributed by atoms with van der Waals surface area (Å²) in [5.41, 5.74) is 0.00615. The Balaban J connectivity index is 2.13. The highest BCUT2D eigenvalue weighted by molar-refractivity contribution is 5.94. The molecule has 0 saturated carbocycles. The smallest absolute Gasteiger partial charge is 0.279 e. The number of pyridine rings is 2. The molecule has 0 spiro atoms. The van der Waals surface area contributed by atoms with Gasteiger partial charge in [0, 0.05) is 30.0 Å². The molecule has 0 bridgehead atoms. The summed E-state index contributed by atoms with van der Waals surface area (Å²) in [4.78, 5) is 18.5. The van der Waals surface area contributed by atoms with Crippen LogP contribution in [-0.4, -0.2) is 14.9 Å². The van der Waals surface area contributed by atoms with Crippen molar-refractivity contribution in [3.05, 3.63) is 65.2 Å². The molecule has 20 heavy (non-hydrogen) atoms. The highest BCUT2D eigenvalue weighted by atomic mass is 16.6. The number of hydrogen-bond donors (Lipinski definition) is 0. The van der Waals surface area contributed by atoms with Crippen molar-refractivity contribution in [1.82, 2.24) is 9.97 Å². The second kappa shape index (κ2) is 4.93. The van der Waals surface area contributed by atoms with Gasteiger partial charge < -0.3 is 4.74 Å². The Bertz CT molecular complexity index is 775. The van der Waals surface area contributed by atoms with Crippen molar-refractivity contribution in [2.24, 2.45) is 0 Å². The Morgan fingerprint density at radius 1 is 1.00 bits per heavy atom. The first-order chi connectivity index (χ1) is 9.75. The maximum absolute atomic E-state index is 11.0. The quantitative estimate of drug-likeness (QED) is 0.537. The number of aromatic nitrogens is 2. The van der Waals surface area contributed by atoms with Crippen molar-refractivity contribution in [1.29, 1.82) is 0 Å². The SMILES string of the molecule is O=[N+]([O-])c1ccc(Oc2cccnc2)c2ccncc12. The molecule has 98 valence electrons. The van der Waals surface area contributed by atoms with Crippen LogP contribution in [0.5, 0.6) is 11.5 Å². The van der Waals surface area contributed by atoms with Crippen LogP contribution in [0.15, 0.2) is 55.1 Å². The van der Waals surface area contributed by atoms with E-state index in [2.05, 4.69) is 9.97 Å². The Morgan fingerprint density at radius 3 is 2.60 bits per heavy atom. The molecule has 2 heterocycles. The first-order valence-corrected chi connectivity index (χ1v) is 5.85. The van der Waals surface area contributed by atoms with Crippen LogP contribution in [0.3, 0.4) is 0 Å². The minimum Gasteiger partial charge on any atom is -0.455 e. The first-order valence-electron chi connectivity index (χ1n) is 5.85. The lowest BCUT2D eigenvalue weighted by Gasteiger charge is -2.08. The number of nitro benzene ring substituents is 1. The second-order valence-electron chi connectivity index (χ2n) is 4.05. The van der Waals surface area contributed by atoms with E-state index in [0.29, 0.717) is 22.3 Å². The van der Waals surface area contributed by atoms with Crippen molar-refractivity contribution in [2.75, 3.05) is 0 Å². The van der Waals surface area contributed by atoms with Crippen LogP contribution >= 0.6 is 0 Å². The van der Waals surface area contributed by atoms with Gasteiger partial charge in [0.25, 0.3) is 5.69 Å². The number of hydrogen-bond acceptors (Lipinski definition) is 5. The van der Waals surface area contributed by atoms with Gasteiger partial charge in [-0.05, 0) is 24.3 Å². The maximum Gasteiger partial charge on any atom is 0.279 e. The highest BCUT2D eigenvalue weighted by Crippen LogP contribution is 2.34. The summed E-state index contributed by atoms with van der Waals surface area (Å²) < 4.78 is 5.71. The summed E-state index contributed by atoms with van der Waals surface area (Å²) in [5, 5.41) is 12.1. The molecule has 3 rings (SSSR count). The summed E-state index contributed by atoms with van der Waals surface area (Å²) in [6.45, 7) is 0. The maximum atomic E-state index is 11.0. The van der Waals surface area contributed by atoms with Gasteiger partial charge in [-0.1, -0.05) is 0 Å². The molecule has 0 aliphatic carbocycles. The summed E-state index contributed by atoms with van der Waals surface area (Å²) >= 11 is 0. The monoisotopic (exact) mass is 267 g/mol. The number of ether oxygens (including phenoxy) is 1. The van der Waals surface area contributed by atoms with Gasteiger partial charge in [-0.15, -0.1) is 0 Å². The van der Waals surface area contributed by atoms with Gasteiger partial charge in [0.15, 0.2) is 0 Å². The minimum atomic E-state index is -0.433. The summed E-state index contributed by atoms with van der Waals surface area (Å²) in [7, 11) is 0. The van der Waals surface area contributed by atoms with Gasteiger partial charge >= 0.3 is 0 Å². The third-order valence-corrected chi connectivity index (χ3v) is 2.81. The minimum absolute atomic E-state index is 0.00615. The van der Waals surface area contributed by atoms with E-state index < -0.39 is 4.92 Å². The number of nitro groups is 1. The number of nitrogens with zero attached hydrogens (tertiary/aromatic N) is 3. The zero-order valence-corrected chi connectivity index (χ0v) is 10.3. The zero-order valence-electron chi connectivity index (χ0n) is 10.3. The zero-order chi connectivity index (χ0) is 13.9. The van der Waals surface area contributed by atoms with E-state index in [-0.39, 0.29) is 5.69 Å². The van der Waals surface area contributed by atoms with Crippen LogP contribution in [0, 0.1) is 10.1 Å². The van der Waals surface area contributed by atoms with Crippen LogP contribution in [0.25, 0.3) is 10.8 Å². The van der Waals surface area contributed by atoms with E-state index in [1.807, 2.05) is 0 Å². The Labute approximate surface area is 113 Å². The topological polar surface area (TPSA) is 78.2 Å². The fourth-order valence-corrected chi connectivity index (χ4v) is 1.93. The lowest BCUT2D eigenvalue weighted by molar-refractivity contribution is -0.383. The van der Waals surface area contributed by atoms with E-state index in [1.165, 1.54) is 12.3 Å². The highest BCUT2D eigenvalue weighted by Gasteiger charge is 2.15. The van der Waals surface area contributed by atoms with E-state index in [1.54, 1.807) is 42.9 Å². The predicted octanol–water partition coefficient (Wildman–Crippen LogP) is 3.33. The average Bonchev–Trinajstić information content (AvgIpc) is 2.48. The lowest BCUT2D eigenvalue weighted by Crippen LogP contribution is -1.92. The lowest BCUT2D eigenvalue weighted by atomic mass is 10.1. The van der Waals surface area contributed by atoms with Gasteiger partial charge in [0.2, 0.25) is 0 Å². The van der Waals surface area contributed by atoms with Crippen molar-refractivity contribution in [3.8, 4) is 11.5 Å². The number of non-ortho nitro benzene ring substituents is 1. The third kappa shape index (κ3) is 2.14. The molecule has 0 atom stereocenters. The first kappa shape index (κ1) is 12.0. The number of benzene rings is 1. The molecule has 0 aliphatic rings. The fourth-order valence-electron chi connectivity index (χ4n) is 1.93. The van der Waals surface area contributed by atoms with E-state index in [4.69, 9.17) is 4.74 Å². The summed E-state index contributed by atoms with van der Waals surface area (Å²) in [5.74, 6) is 1.10. The molecule has 0 amide bonds. The fraction of sp³-hybridized carbons (Fsp3) is 0. The molecular weight excluding hydrogens is 258 g/mol. The van der Waals surface area contributed by atoms with Crippen molar-refractivity contribution >= 4 is 16.5 Å². The Morgan fingerprint density at radius 2 is 1.85 bits per heavy atom. The molecule has 0 saturated heterocycles. The largest absolute Gasteiger partial charge is 0.455 e. The van der Waals surface area contributed by atoms with Crippen LogP contribution in [-0.2, 0) is 0 Å². The molecule has 0 radical (unpaired) electrons. The molecule has 6 heteroatoms. The van der Waals surface area contributed by atoms with Gasteiger partial charge in [-0.25, -0.2) is 0 Å². The molecule has 1 aromatic carbocycles. The van der Waals surface area contributed by atoms with E-state index >= 15 is 0 Å². The van der Waals surface area contributed by atoms with Crippen molar-refractivity contribution in [3.63, 3.8) is 0 Å². The molecular formula is C14H9N3O3. The molecule has 0 fully saturated rings. The van der Waals surface area contributed by atoms with Crippen LogP contribution in [0.2, 0.25) is 0 Å². The van der Waals surface area contributed by atoms with Crippen molar-refractivity contribution < 1.29 is 9.66 Å². The average molecular weight is 267 g/mol. The Kier molecular flexibility index (Phi) is 2.96. The van der Waals surface area contributed by atoms with Gasteiger partial charge in [-0.3, -0.25) is 20.1 Å². The molecule has 6 nitrogen and oxygen atoms in total. The number of fused-ring (bicyclic) bond motifs is 1. The standard InChI is InChI=1S/C14H9N3O3/c18-17(19)13-3-4-14(11-5-7-16-9-12(11)13)20-10-2-1-6-15-8-10/h1-9H. The molecule has 0 N–H and O–H groups in total. The predicted molar refractivity (Wildman–Crippen MR) is 72.7 cm³/mol. The molecule has 2 aromatic heterocycles. The Hall–Kier alpha value is -3.02. The van der Waals surface area contributed by atoms with E-state index in [0.717, 1.165) is 0 Å². The van der Waals surface area contributed by atoms with Gasteiger partial charge in [0.1, 0.15) is 11.5 Å². The second-order valence-corrected chi connectivity index (χ2v) is 4.05. The molecule has 3 aromatic rings. The van der Waals surface area contributed by atoms with Gasteiger partial charge in [0.05, 0.1) is 16.5 Å². The van der Waals surface area contributed by atoms with Crippen LogP contribution in [0.4, 0.5) is 5.69 Å². The van der Waals surface area contributed by atoms with Gasteiger partial charge in [-0.2, -0.15) is 0 Å². The van der Waals surface area contributed by atoms with Crippen LogP contribution in [0.1, 0.15) is 0 Å². The summed E-state index contributed by atoms with van der Waals surface area (Å²) in [6, 6.07) is 8.20. The molecule has 0 aliphatic heterocycles. The van der Waals surface area contributed by atoms with E-state index in [9.17, 15) is 10.1 Å². The normalized spacial score (nSPS) is 10.4. The third-order valence-electron chi connectivity index (χ3n) is 2.81. The summed E-state index contributed by atoms with van der Waals surface area (Å²) in [6.07, 6.45) is 6.25.